The Kier molecular flexibility index (Phi) is 57.0. The van der Waals surface area contributed by atoms with E-state index in [9.17, 15) is 19.8 Å². The number of allylic oxidation sites excluding steroid dienone is 1. The standard InChI is InChI=1S/C62H121NO5/c1-3-5-7-9-11-13-15-16-17-18-22-25-28-31-35-38-42-46-50-54-60(65)59(58-64)63-61(66)55-51-47-43-39-36-32-29-26-23-20-19-21-24-27-30-33-37-41-45-49-53-57-68-62(67)56-52-48-44-40-34-14-12-10-8-6-4-2/h50,54,59-60,64-65H,3-49,51-53,55-58H2,1-2H3,(H,63,66)/b54-50+. The van der Waals surface area contributed by atoms with Crippen LogP contribution in [0.15, 0.2) is 12.2 Å². The topological polar surface area (TPSA) is 95.9 Å². The summed E-state index contributed by atoms with van der Waals surface area (Å²) in [5.41, 5.74) is 0. The number of ether oxygens (including phenoxy) is 1. The lowest BCUT2D eigenvalue weighted by molar-refractivity contribution is -0.143. The Morgan fingerprint density at radius 3 is 1.00 bits per heavy atom. The molecule has 0 aliphatic heterocycles. The van der Waals surface area contributed by atoms with Gasteiger partial charge in [0.2, 0.25) is 5.91 Å². The zero-order valence-electron chi connectivity index (χ0n) is 46.1. The molecule has 1 amide bonds. The second-order valence-electron chi connectivity index (χ2n) is 21.4. The van der Waals surface area contributed by atoms with E-state index in [4.69, 9.17) is 4.74 Å². The van der Waals surface area contributed by atoms with Gasteiger partial charge in [0.15, 0.2) is 0 Å². The lowest BCUT2D eigenvalue weighted by Gasteiger charge is -2.20. The first-order valence-electron chi connectivity index (χ1n) is 31.0. The van der Waals surface area contributed by atoms with E-state index < -0.39 is 12.1 Å². The molecule has 0 aromatic rings. The number of hydrogen-bond acceptors (Lipinski definition) is 5. The quantitative estimate of drug-likeness (QED) is 0.0321. The van der Waals surface area contributed by atoms with Crippen LogP contribution >= 0.6 is 0 Å². The number of aliphatic hydroxyl groups is 2. The first-order chi connectivity index (χ1) is 33.5. The van der Waals surface area contributed by atoms with Crippen molar-refractivity contribution in [1.29, 1.82) is 0 Å². The van der Waals surface area contributed by atoms with Crippen molar-refractivity contribution in [3.05, 3.63) is 12.2 Å². The molecule has 0 radical (unpaired) electrons. The predicted octanol–water partition coefficient (Wildman–Crippen LogP) is 19.2. The van der Waals surface area contributed by atoms with Gasteiger partial charge in [0.25, 0.3) is 0 Å². The maximum atomic E-state index is 12.5. The van der Waals surface area contributed by atoms with Crippen LogP contribution in [0.2, 0.25) is 0 Å². The van der Waals surface area contributed by atoms with E-state index >= 15 is 0 Å². The number of nitrogens with one attached hydrogen (secondary N) is 1. The minimum atomic E-state index is -0.845. The highest BCUT2D eigenvalue weighted by Gasteiger charge is 2.18. The maximum absolute atomic E-state index is 12.5. The highest BCUT2D eigenvalue weighted by atomic mass is 16.5. The number of carbonyl (C=O) groups is 2. The average molecular weight is 961 g/mol. The van der Waals surface area contributed by atoms with Crippen LogP contribution in [-0.2, 0) is 14.3 Å². The van der Waals surface area contributed by atoms with Gasteiger partial charge in [-0.1, -0.05) is 315 Å². The summed E-state index contributed by atoms with van der Waals surface area (Å²) in [7, 11) is 0. The van der Waals surface area contributed by atoms with Crippen LogP contribution < -0.4 is 5.32 Å². The lowest BCUT2D eigenvalue weighted by atomic mass is 10.0. The van der Waals surface area contributed by atoms with Crippen molar-refractivity contribution in [1.82, 2.24) is 5.32 Å². The smallest absolute Gasteiger partial charge is 0.305 e. The minimum absolute atomic E-state index is 0.0117. The Bertz CT molecular complexity index is 1020. The number of amides is 1. The Morgan fingerprint density at radius 2 is 0.676 bits per heavy atom. The molecule has 2 unspecified atom stereocenters. The zero-order valence-corrected chi connectivity index (χ0v) is 46.1. The summed E-state index contributed by atoms with van der Waals surface area (Å²) in [4.78, 5) is 24.5. The van der Waals surface area contributed by atoms with Crippen molar-refractivity contribution < 1.29 is 24.5 Å². The summed E-state index contributed by atoms with van der Waals surface area (Å²) < 4.78 is 5.47. The summed E-state index contributed by atoms with van der Waals surface area (Å²) in [6.45, 7) is 4.93. The number of hydrogen-bond donors (Lipinski definition) is 3. The second kappa shape index (κ2) is 58.2. The molecular weight excluding hydrogens is 839 g/mol. The fraction of sp³-hybridized carbons (Fsp3) is 0.935. The number of carbonyl (C=O) groups excluding carboxylic acids is 2. The Labute approximate surface area is 425 Å². The first kappa shape index (κ1) is 66.6. The van der Waals surface area contributed by atoms with Gasteiger partial charge in [0.1, 0.15) is 0 Å². The fourth-order valence-electron chi connectivity index (χ4n) is 9.81. The molecule has 2 atom stereocenters. The maximum Gasteiger partial charge on any atom is 0.305 e. The van der Waals surface area contributed by atoms with Gasteiger partial charge in [-0.2, -0.15) is 0 Å². The molecule has 68 heavy (non-hydrogen) atoms. The number of unbranched alkanes of at least 4 members (excludes halogenated alkanes) is 47. The molecule has 0 heterocycles. The van der Waals surface area contributed by atoms with E-state index in [1.54, 1.807) is 6.08 Å². The van der Waals surface area contributed by atoms with Crippen molar-refractivity contribution in [2.24, 2.45) is 0 Å². The molecule has 0 rings (SSSR count). The molecule has 0 saturated carbocycles. The van der Waals surface area contributed by atoms with Crippen LogP contribution in [0, 0.1) is 0 Å². The van der Waals surface area contributed by atoms with Crippen LogP contribution in [-0.4, -0.2) is 47.4 Å². The van der Waals surface area contributed by atoms with Crippen molar-refractivity contribution in [3.8, 4) is 0 Å². The summed E-state index contributed by atoms with van der Waals surface area (Å²) in [6.07, 6.45) is 69.6. The van der Waals surface area contributed by atoms with Gasteiger partial charge in [0, 0.05) is 12.8 Å². The minimum Gasteiger partial charge on any atom is -0.466 e. The van der Waals surface area contributed by atoms with Crippen LogP contribution in [0.1, 0.15) is 348 Å². The van der Waals surface area contributed by atoms with E-state index in [2.05, 4.69) is 19.2 Å². The zero-order chi connectivity index (χ0) is 49.3. The highest BCUT2D eigenvalue weighted by molar-refractivity contribution is 5.76. The third-order valence-corrected chi connectivity index (χ3v) is 14.6. The molecular formula is C62H121NO5. The Morgan fingerprint density at radius 1 is 0.397 bits per heavy atom. The third-order valence-electron chi connectivity index (χ3n) is 14.6. The summed E-state index contributed by atoms with van der Waals surface area (Å²) in [5.74, 6) is -0.0538. The monoisotopic (exact) mass is 960 g/mol. The SMILES string of the molecule is CCCCCCCCCCCCCCCCCCC/C=C/C(O)C(CO)NC(=O)CCCCCCCCCCCCCCCCCCCCCCCOC(=O)CCCCCCCCCCCCC. The average Bonchev–Trinajstić information content (AvgIpc) is 3.34. The van der Waals surface area contributed by atoms with Crippen LogP contribution in [0.4, 0.5) is 0 Å². The van der Waals surface area contributed by atoms with Crippen LogP contribution in [0.3, 0.4) is 0 Å². The van der Waals surface area contributed by atoms with Crippen LogP contribution in [0.25, 0.3) is 0 Å². The predicted molar refractivity (Wildman–Crippen MR) is 297 cm³/mol. The first-order valence-corrected chi connectivity index (χ1v) is 31.0. The van der Waals surface area contributed by atoms with Crippen molar-refractivity contribution in [3.63, 3.8) is 0 Å². The van der Waals surface area contributed by atoms with E-state index in [0.717, 1.165) is 38.5 Å². The molecule has 0 spiro atoms. The van der Waals surface area contributed by atoms with Gasteiger partial charge in [-0.25, -0.2) is 0 Å². The normalized spacial score (nSPS) is 12.6. The fourth-order valence-corrected chi connectivity index (χ4v) is 9.81. The number of rotatable bonds is 58. The lowest BCUT2D eigenvalue weighted by Crippen LogP contribution is -2.45. The molecule has 0 bridgehead atoms. The van der Waals surface area contributed by atoms with E-state index in [1.807, 2.05) is 6.08 Å². The van der Waals surface area contributed by atoms with Gasteiger partial charge in [-0.15, -0.1) is 0 Å². The molecule has 6 heteroatoms. The molecule has 0 aromatic carbocycles. The summed E-state index contributed by atoms with van der Waals surface area (Å²) in [6, 6.07) is -0.628. The Balaban J connectivity index is 3.42. The molecule has 0 aromatic heterocycles. The van der Waals surface area contributed by atoms with Crippen molar-refractivity contribution in [2.45, 2.75) is 360 Å². The number of esters is 1. The van der Waals surface area contributed by atoms with Gasteiger partial charge < -0.3 is 20.3 Å². The highest BCUT2D eigenvalue weighted by Crippen LogP contribution is 2.18. The molecule has 3 N–H and O–H groups in total. The molecule has 0 aliphatic carbocycles. The van der Waals surface area contributed by atoms with Gasteiger partial charge in [-0.05, 0) is 32.1 Å². The van der Waals surface area contributed by atoms with Gasteiger partial charge in [-0.3, -0.25) is 9.59 Å². The second-order valence-corrected chi connectivity index (χ2v) is 21.4. The van der Waals surface area contributed by atoms with Crippen LogP contribution in [0.5, 0.6) is 0 Å². The Hall–Kier alpha value is -1.40. The molecule has 0 aliphatic rings. The molecule has 0 saturated heterocycles. The van der Waals surface area contributed by atoms with E-state index in [1.165, 1.54) is 283 Å². The summed E-state index contributed by atoms with van der Waals surface area (Å²) in [5, 5.41) is 23.2. The number of aliphatic hydroxyl groups excluding tert-OH is 2. The summed E-state index contributed by atoms with van der Waals surface area (Å²) >= 11 is 0. The molecule has 0 fully saturated rings. The van der Waals surface area contributed by atoms with E-state index in [-0.39, 0.29) is 18.5 Å². The van der Waals surface area contributed by atoms with Gasteiger partial charge >= 0.3 is 5.97 Å². The van der Waals surface area contributed by atoms with Gasteiger partial charge in [0.05, 0.1) is 25.4 Å². The van der Waals surface area contributed by atoms with Crippen molar-refractivity contribution in [2.75, 3.05) is 13.2 Å². The third kappa shape index (κ3) is 53.9. The van der Waals surface area contributed by atoms with Crippen molar-refractivity contribution >= 4 is 11.9 Å². The molecule has 404 valence electrons. The molecule has 6 nitrogen and oxygen atoms in total. The largest absolute Gasteiger partial charge is 0.466 e. The van der Waals surface area contributed by atoms with E-state index in [0.29, 0.717) is 19.4 Å².